The van der Waals surface area contributed by atoms with Crippen LogP contribution in [0.1, 0.15) is 106 Å². The molecule has 0 nitrogen and oxygen atoms in total. The zero-order chi connectivity index (χ0) is 19.4. The first-order valence-electron chi connectivity index (χ1n) is 11.9. The van der Waals surface area contributed by atoms with Crippen LogP contribution < -0.4 is 0 Å². The summed E-state index contributed by atoms with van der Waals surface area (Å²) >= 11 is 0. The van der Waals surface area contributed by atoms with E-state index >= 15 is 0 Å². The number of aryl methyl sites for hydroxylation is 2. The Morgan fingerprint density at radius 3 is 1.25 bits per heavy atom. The Balaban J connectivity index is 1.72. The summed E-state index contributed by atoms with van der Waals surface area (Å²) in [5.41, 5.74) is 9.40. The Morgan fingerprint density at radius 2 is 0.857 bits per heavy atom. The molecule has 0 N–H and O–H groups in total. The van der Waals surface area contributed by atoms with Gasteiger partial charge < -0.3 is 0 Å². The van der Waals surface area contributed by atoms with Crippen molar-refractivity contribution in [1.82, 2.24) is 0 Å². The van der Waals surface area contributed by atoms with Crippen LogP contribution >= 0.6 is 0 Å². The Labute approximate surface area is 172 Å². The summed E-state index contributed by atoms with van der Waals surface area (Å²) in [6.07, 6.45) is 18.3. The monoisotopic (exact) mass is 374 g/mol. The number of benzene rings is 2. The molecule has 0 radical (unpaired) electrons. The SMILES string of the molecule is Cc1ccc2c(c1)C1(CCCCCCCCCCCCC1)c1cc(C)ccc1-2. The van der Waals surface area contributed by atoms with E-state index in [0.29, 0.717) is 0 Å². The first-order valence-corrected chi connectivity index (χ1v) is 11.9. The van der Waals surface area contributed by atoms with E-state index < -0.39 is 0 Å². The first-order chi connectivity index (χ1) is 13.7. The van der Waals surface area contributed by atoms with E-state index in [-0.39, 0.29) is 5.41 Å². The highest BCUT2D eigenvalue weighted by molar-refractivity contribution is 5.81. The van der Waals surface area contributed by atoms with Gasteiger partial charge in [0.05, 0.1) is 0 Å². The molecule has 0 amide bonds. The number of hydrogen-bond acceptors (Lipinski definition) is 0. The molecular formula is C28H38. The molecule has 0 bridgehead atoms. The van der Waals surface area contributed by atoms with Gasteiger partial charge >= 0.3 is 0 Å². The third kappa shape index (κ3) is 3.93. The van der Waals surface area contributed by atoms with Crippen molar-refractivity contribution in [1.29, 1.82) is 0 Å². The van der Waals surface area contributed by atoms with Crippen molar-refractivity contribution < 1.29 is 0 Å². The van der Waals surface area contributed by atoms with Gasteiger partial charge in [0.1, 0.15) is 0 Å². The summed E-state index contributed by atoms with van der Waals surface area (Å²) in [4.78, 5) is 0. The van der Waals surface area contributed by atoms with Gasteiger partial charge in [-0.25, -0.2) is 0 Å². The highest BCUT2D eigenvalue weighted by atomic mass is 14.4. The number of rotatable bonds is 0. The highest BCUT2D eigenvalue weighted by Gasteiger charge is 2.42. The summed E-state index contributed by atoms with van der Waals surface area (Å²) in [7, 11) is 0. The van der Waals surface area contributed by atoms with Crippen LogP contribution in [-0.4, -0.2) is 0 Å². The summed E-state index contributed by atoms with van der Waals surface area (Å²) in [5, 5.41) is 0. The minimum absolute atomic E-state index is 0.257. The van der Waals surface area contributed by atoms with E-state index in [0.717, 1.165) is 0 Å². The second kappa shape index (κ2) is 8.85. The van der Waals surface area contributed by atoms with Crippen LogP contribution in [0.5, 0.6) is 0 Å². The maximum Gasteiger partial charge on any atom is 0.0215 e. The predicted octanol–water partition coefficient (Wildman–Crippen LogP) is 8.65. The summed E-state index contributed by atoms with van der Waals surface area (Å²) in [6.45, 7) is 4.54. The molecule has 4 rings (SSSR count). The van der Waals surface area contributed by atoms with Crippen LogP contribution in [0.2, 0.25) is 0 Å². The third-order valence-corrected chi connectivity index (χ3v) is 7.38. The molecule has 0 aliphatic heterocycles. The standard InChI is InChI=1S/C28H38/c1-22-14-16-24-25-17-15-23(2)21-27(25)28(26(24)20-22)18-12-10-8-6-4-3-5-7-9-11-13-19-28/h14-17,20-21H,3-13,18-19H2,1-2H3. The van der Waals surface area contributed by atoms with Crippen LogP contribution in [0.3, 0.4) is 0 Å². The van der Waals surface area contributed by atoms with Crippen LogP contribution in [0, 0.1) is 13.8 Å². The molecule has 0 aromatic heterocycles. The Kier molecular flexibility index (Phi) is 6.24. The van der Waals surface area contributed by atoms with Gasteiger partial charge in [-0.2, -0.15) is 0 Å². The van der Waals surface area contributed by atoms with Gasteiger partial charge in [-0.15, -0.1) is 0 Å². The fraction of sp³-hybridized carbons (Fsp3) is 0.571. The molecule has 0 heteroatoms. The molecule has 28 heavy (non-hydrogen) atoms. The fourth-order valence-electron chi connectivity index (χ4n) is 5.83. The van der Waals surface area contributed by atoms with Crippen molar-refractivity contribution in [2.24, 2.45) is 0 Å². The van der Waals surface area contributed by atoms with Crippen molar-refractivity contribution in [2.45, 2.75) is 103 Å². The summed E-state index contributed by atoms with van der Waals surface area (Å²) < 4.78 is 0. The van der Waals surface area contributed by atoms with Gasteiger partial charge in [-0.05, 0) is 48.9 Å². The first kappa shape index (κ1) is 19.7. The Morgan fingerprint density at radius 1 is 0.500 bits per heavy atom. The lowest BCUT2D eigenvalue weighted by Crippen LogP contribution is -2.25. The molecule has 2 aliphatic carbocycles. The van der Waals surface area contributed by atoms with Crippen molar-refractivity contribution in [3.05, 3.63) is 58.7 Å². The van der Waals surface area contributed by atoms with Gasteiger partial charge in [-0.3, -0.25) is 0 Å². The van der Waals surface area contributed by atoms with Crippen LogP contribution in [0.15, 0.2) is 36.4 Å². The maximum absolute atomic E-state index is 2.52. The molecule has 0 unspecified atom stereocenters. The van der Waals surface area contributed by atoms with Crippen LogP contribution in [0.25, 0.3) is 11.1 Å². The molecule has 1 spiro atoms. The minimum Gasteiger partial charge on any atom is -0.0587 e. The third-order valence-electron chi connectivity index (χ3n) is 7.38. The van der Waals surface area contributed by atoms with Gasteiger partial charge in [0.25, 0.3) is 0 Å². The molecule has 2 aromatic carbocycles. The molecule has 0 atom stereocenters. The maximum atomic E-state index is 2.52. The normalized spacial score (nSPS) is 20.4. The zero-order valence-corrected chi connectivity index (χ0v) is 18.2. The molecular weight excluding hydrogens is 336 g/mol. The van der Waals surface area contributed by atoms with Crippen LogP contribution in [0.4, 0.5) is 0 Å². The van der Waals surface area contributed by atoms with E-state index in [1.165, 1.54) is 106 Å². The van der Waals surface area contributed by atoms with E-state index in [1.54, 1.807) is 11.1 Å². The quantitative estimate of drug-likeness (QED) is 0.433. The summed E-state index contributed by atoms with van der Waals surface area (Å²) in [6, 6.07) is 14.5. The number of fused-ring (bicyclic) bond motifs is 5. The molecule has 2 aliphatic rings. The number of hydrogen-bond donors (Lipinski definition) is 0. The van der Waals surface area contributed by atoms with E-state index in [1.807, 2.05) is 0 Å². The van der Waals surface area contributed by atoms with E-state index in [2.05, 4.69) is 50.2 Å². The largest absolute Gasteiger partial charge is 0.0587 e. The lowest BCUT2D eigenvalue weighted by atomic mass is 9.70. The second-order valence-corrected chi connectivity index (χ2v) is 9.57. The Hall–Kier alpha value is -1.56. The van der Waals surface area contributed by atoms with Crippen molar-refractivity contribution >= 4 is 0 Å². The Bertz CT molecular complexity index is 730. The zero-order valence-electron chi connectivity index (χ0n) is 18.2. The smallest absolute Gasteiger partial charge is 0.0215 e. The lowest BCUT2D eigenvalue weighted by molar-refractivity contribution is 0.393. The summed E-state index contributed by atoms with van der Waals surface area (Å²) in [5.74, 6) is 0. The lowest BCUT2D eigenvalue weighted by Gasteiger charge is -2.33. The molecule has 2 aromatic rings. The van der Waals surface area contributed by atoms with Gasteiger partial charge in [0.15, 0.2) is 0 Å². The van der Waals surface area contributed by atoms with Gasteiger partial charge in [0.2, 0.25) is 0 Å². The van der Waals surface area contributed by atoms with Crippen molar-refractivity contribution in [2.75, 3.05) is 0 Å². The van der Waals surface area contributed by atoms with Gasteiger partial charge in [-0.1, -0.05) is 118 Å². The molecule has 1 saturated carbocycles. The van der Waals surface area contributed by atoms with Crippen molar-refractivity contribution in [3.8, 4) is 11.1 Å². The van der Waals surface area contributed by atoms with Crippen molar-refractivity contribution in [3.63, 3.8) is 0 Å². The van der Waals surface area contributed by atoms with E-state index in [9.17, 15) is 0 Å². The second-order valence-electron chi connectivity index (χ2n) is 9.57. The average molecular weight is 375 g/mol. The molecule has 1 fully saturated rings. The average Bonchev–Trinajstić information content (AvgIpc) is 2.94. The molecule has 0 saturated heterocycles. The molecule has 0 heterocycles. The van der Waals surface area contributed by atoms with Crippen LogP contribution in [-0.2, 0) is 5.41 Å². The minimum atomic E-state index is 0.257. The molecule has 150 valence electrons. The highest BCUT2D eigenvalue weighted by Crippen LogP contribution is 2.54. The van der Waals surface area contributed by atoms with E-state index in [4.69, 9.17) is 0 Å². The predicted molar refractivity (Wildman–Crippen MR) is 122 cm³/mol. The van der Waals surface area contributed by atoms with Gasteiger partial charge in [0, 0.05) is 5.41 Å². The fourth-order valence-corrected chi connectivity index (χ4v) is 5.83. The topological polar surface area (TPSA) is 0 Å².